The lowest BCUT2D eigenvalue weighted by Gasteiger charge is -2.42. The Hall–Kier alpha value is -3.06. The molecule has 0 aliphatic carbocycles. The smallest absolute Gasteiger partial charge is 0.305 e. The summed E-state index contributed by atoms with van der Waals surface area (Å²) >= 11 is 4.36. The zero-order chi connectivity index (χ0) is 27.4. The molecule has 2 aromatic carbocycles. The van der Waals surface area contributed by atoms with Crippen molar-refractivity contribution in [2.75, 3.05) is 13.1 Å². The van der Waals surface area contributed by atoms with Crippen molar-refractivity contribution < 1.29 is 27.9 Å². The Bertz CT molecular complexity index is 1440. The van der Waals surface area contributed by atoms with Crippen molar-refractivity contribution in [3.8, 4) is 0 Å². The molecule has 0 saturated carbocycles. The van der Waals surface area contributed by atoms with Crippen molar-refractivity contribution in [2.45, 2.75) is 36.2 Å². The summed E-state index contributed by atoms with van der Waals surface area (Å²) in [6.07, 6.45) is -1.60. The molecule has 4 rings (SSSR count). The van der Waals surface area contributed by atoms with Crippen LogP contribution < -0.4 is 5.32 Å². The van der Waals surface area contributed by atoms with Gasteiger partial charge in [-0.05, 0) is 48.6 Å². The number of aryl methyl sites for hydroxylation is 1. The topological polar surface area (TPSA) is 124 Å². The largest absolute Gasteiger partial charge is 0.481 e. The maximum Gasteiger partial charge on any atom is 0.305 e. The summed E-state index contributed by atoms with van der Waals surface area (Å²) in [5.41, 5.74) is 1.72. The van der Waals surface area contributed by atoms with E-state index >= 15 is 0 Å². The summed E-state index contributed by atoms with van der Waals surface area (Å²) in [6, 6.07) is 15.8. The van der Waals surface area contributed by atoms with Crippen LogP contribution in [0.4, 0.5) is 0 Å². The van der Waals surface area contributed by atoms with E-state index in [0.29, 0.717) is 16.5 Å². The second-order valence-electron chi connectivity index (χ2n) is 8.86. The number of carbonyl (C=O) groups excluding carboxylic acids is 2. The Balaban J connectivity index is 1.75. The highest BCUT2D eigenvalue weighted by molar-refractivity contribution is 9.10. The third-order valence-corrected chi connectivity index (χ3v) is 9.83. The van der Waals surface area contributed by atoms with Crippen LogP contribution in [0.5, 0.6) is 0 Å². The van der Waals surface area contributed by atoms with Crippen molar-refractivity contribution in [1.82, 2.24) is 14.5 Å². The van der Waals surface area contributed by atoms with E-state index in [2.05, 4.69) is 21.2 Å². The zero-order valence-electron chi connectivity index (χ0n) is 20.4. The fraction of sp³-hybridized carbons (Fsp3) is 0.269. The number of sulfonamides is 1. The van der Waals surface area contributed by atoms with Gasteiger partial charge in [0.1, 0.15) is 4.21 Å². The Morgan fingerprint density at radius 3 is 2.53 bits per heavy atom. The van der Waals surface area contributed by atoms with Gasteiger partial charge in [0.05, 0.1) is 12.5 Å². The molecular formula is C26H26BrN3O6S2. The van der Waals surface area contributed by atoms with Crippen LogP contribution in [-0.4, -0.2) is 59.8 Å². The molecule has 200 valence electrons. The van der Waals surface area contributed by atoms with E-state index in [0.717, 1.165) is 21.2 Å². The Morgan fingerprint density at radius 1 is 1.11 bits per heavy atom. The van der Waals surface area contributed by atoms with Crippen molar-refractivity contribution in [3.63, 3.8) is 0 Å². The molecule has 1 aliphatic heterocycles. The molecule has 2 N–H and O–H groups in total. The first-order valence-corrected chi connectivity index (χ1v) is 14.9. The lowest BCUT2D eigenvalue weighted by atomic mass is 10.0. The number of thiophene rings is 1. The fourth-order valence-electron chi connectivity index (χ4n) is 4.41. The maximum absolute atomic E-state index is 13.9. The van der Waals surface area contributed by atoms with Crippen LogP contribution >= 0.6 is 27.3 Å². The third-order valence-electron chi connectivity index (χ3n) is 6.11. The van der Waals surface area contributed by atoms with Gasteiger partial charge in [0.15, 0.2) is 6.17 Å². The molecule has 1 fully saturated rings. The lowest BCUT2D eigenvalue weighted by Crippen LogP contribution is -2.63. The van der Waals surface area contributed by atoms with Crippen molar-refractivity contribution >= 4 is 55.1 Å². The minimum Gasteiger partial charge on any atom is -0.481 e. The second kappa shape index (κ2) is 11.8. The van der Waals surface area contributed by atoms with E-state index in [9.17, 15) is 27.9 Å². The van der Waals surface area contributed by atoms with Gasteiger partial charge in [-0.2, -0.15) is 4.31 Å². The Kier molecular flexibility index (Phi) is 8.66. The molecule has 2 amide bonds. The number of nitrogens with one attached hydrogen (secondary N) is 1. The van der Waals surface area contributed by atoms with Crippen LogP contribution in [0.25, 0.3) is 0 Å². The zero-order valence-corrected chi connectivity index (χ0v) is 23.6. The normalized spacial score (nSPS) is 17.1. The first-order valence-electron chi connectivity index (χ1n) is 11.8. The first kappa shape index (κ1) is 28.0. The van der Waals surface area contributed by atoms with Crippen LogP contribution in [-0.2, 0) is 19.6 Å². The van der Waals surface area contributed by atoms with Gasteiger partial charge in [0, 0.05) is 23.1 Å². The molecule has 1 aliphatic rings. The first-order chi connectivity index (χ1) is 18.1. The summed E-state index contributed by atoms with van der Waals surface area (Å²) in [5.74, 6) is -2.42. The minimum absolute atomic E-state index is 0.0224. The second-order valence-corrected chi connectivity index (χ2v) is 12.8. The van der Waals surface area contributed by atoms with Gasteiger partial charge in [0.2, 0.25) is 0 Å². The van der Waals surface area contributed by atoms with E-state index in [1.807, 2.05) is 13.0 Å². The average Bonchev–Trinajstić information content (AvgIpc) is 3.43. The highest BCUT2D eigenvalue weighted by Crippen LogP contribution is 2.29. The van der Waals surface area contributed by atoms with Gasteiger partial charge >= 0.3 is 5.97 Å². The SMILES string of the molecule is Cc1cccc(C(CC(=O)O)NC(=O)C2N(C(=O)c3cccc(Br)c3)CCCN2S(=O)(=O)c2cccs2)c1. The standard InChI is InChI=1S/C26H26BrN3O6S2/c1-17-6-2-7-18(14-17)21(16-22(31)32)28-24(33)25-29(26(34)19-8-3-9-20(27)15-19)11-5-12-30(25)38(35,36)23-10-4-13-37-23/h2-4,6-10,13-15,21,25H,5,11-12,16H2,1H3,(H,28,33)(H,31,32). The highest BCUT2D eigenvalue weighted by atomic mass is 79.9. The van der Waals surface area contributed by atoms with Crippen LogP contribution in [0.2, 0.25) is 0 Å². The molecule has 38 heavy (non-hydrogen) atoms. The quantitative estimate of drug-likeness (QED) is 0.392. The maximum atomic E-state index is 13.9. The number of aliphatic carboxylic acids is 1. The minimum atomic E-state index is -4.13. The fourth-order valence-corrected chi connectivity index (χ4v) is 7.52. The number of nitrogens with zero attached hydrogens (tertiary/aromatic N) is 2. The predicted molar refractivity (Wildman–Crippen MR) is 146 cm³/mol. The van der Waals surface area contributed by atoms with Gasteiger partial charge in [-0.1, -0.05) is 57.9 Å². The van der Waals surface area contributed by atoms with Crippen molar-refractivity contribution in [2.24, 2.45) is 0 Å². The van der Waals surface area contributed by atoms with Crippen LogP contribution in [0, 0.1) is 6.92 Å². The average molecular weight is 621 g/mol. The van der Waals surface area contributed by atoms with Crippen LogP contribution in [0.1, 0.15) is 40.4 Å². The lowest BCUT2D eigenvalue weighted by molar-refractivity contribution is -0.138. The summed E-state index contributed by atoms with van der Waals surface area (Å²) < 4.78 is 29.0. The predicted octanol–water partition coefficient (Wildman–Crippen LogP) is 4.01. The van der Waals surface area contributed by atoms with E-state index < -0.39 is 46.4 Å². The molecule has 2 atom stereocenters. The summed E-state index contributed by atoms with van der Waals surface area (Å²) in [7, 11) is -4.13. The number of halogens is 1. The molecule has 2 heterocycles. The number of carbonyl (C=O) groups is 3. The van der Waals surface area contributed by atoms with E-state index in [4.69, 9.17) is 0 Å². The van der Waals surface area contributed by atoms with Crippen molar-refractivity contribution in [3.05, 3.63) is 87.2 Å². The number of rotatable bonds is 8. The van der Waals surface area contributed by atoms with E-state index in [-0.39, 0.29) is 22.9 Å². The number of carboxylic acids is 1. The highest BCUT2D eigenvalue weighted by Gasteiger charge is 2.45. The number of hydrogen-bond donors (Lipinski definition) is 2. The number of hydrogen-bond acceptors (Lipinski definition) is 6. The monoisotopic (exact) mass is 619 g/mol. The number of carboxylic acid groups (broad SMARTS) is 1. The summed E-state index contributed by atoms with van der Waals surface area (Å²) in [5, 5.41) is 13.9. The van der Waals surface area contributed by atoms with Gasteiger partial charge in [-0.3, -0.25) is 14.4 Å². The summed E-state index contributed by atoms with van der Waals surface area (Å²) in [6.45, 7) is 2.01. The number of amides is 2. The molecule has 3 aromatic rings. The van der Waals surface area contributed by atoms with E-state index in [1.54, 1.807) is 53.9 Å². The van der Waals surface area contributed by atoms with Gasteiger partial charge in [0.25, 0.3) is 21.8 Å². The Morgan fingerprint density at radius 2 is 1.87 bits per heavy atom. The number of benzene rings is 2. The molecular weight excluding hydrogens is 594 g/mol. The van der Waals surface area contributed by atoms with Crippen LogP contribution in [0.3, 0.4) is 0 Å². The molecule has 0 radical (unpaired) electrons. The van der Waals surface area contributed by atoms with Gasteiger partial charge in [-0.25, -0.2) is 8.42 Å². The van der Waals surface area contributed by atoms with Gasteiger partial charge < -0.3 is 15.3 Å². The van der Waals surface area contributed by atoms with Crippen LogP contribution in [0.15, 0.2) is 74.7 Å². The Labute approximate surface area is 233 Å². The molecule has 1 aromatic heterocycles. The molecule has 1 saturated heterocycles. The summed E-state index contributed by atoms with van der Waals surface area (Å²) in [4.78, 5) is 40.4. The molecule has 12 heteroatoms. The molecule has 0 bridgehead atoms. The van der Waals surface area contributed by atoms with E-state index in [1.165, 1.54) is 11.0 Å². The third kappa shape index (κ3) is 6.15. The van der Waals surface area contributed by atoms with Gasteiger partial charge in [-0.15, -0.1) is 11.3 Å². The molecule has 9 nitrogen and oxygen atoms in total. The molecule has 0 spiro atoms. The molecule has 2 unspecified atom stereocenters. The van der Waals surface area contributed by atoms with Crippen molar-refractivity contribution in [1.29, 1.82) is 0 Å².